The third-order valence-corrected chi connectivity index (χ3v) is 3.49. The molecule has 2 heterocycles. The first-order chi connectivity index (χ1) is 7.22. The van der Waals surface area contributed by atoms with E-state index in [1.165, 1.54) is 0 Å². The molecule has 5 heteroatoms. The molecule has 0 aliphatic carbocycles. The predicted molar refractivity (Wildman–Crippen MR) is 59.1 cm³/mol. The summed E-state index contributed by atoms with van der Waals surface area (Å²) in [6.07, 6.45) is 2.87. The zero-order chi connectivity index (χ0) is 10.8. The quantitative estimate of drug-likeness (QED) is 0.774. The van der Waals surface area contributed by atoms with E-state index in [4.69, 9.17) is 4.52 Å². The number of likely N-dealkylation sites (tertiary alicyclic amines) is 1. The van der Waals surface area contributed by atoms with Gasteiger partial charge in [-0.15, -0.1) is 0 Å². The molecular formula is C10H13BrN2O2. The van der Waals surface area contributed by atoms with Crippen LogP contribution in [0.4, 0.5) is 0 Å². The summed E-state index contributed by atoms with van der Waals surface area (Å²) in [5, 5.41) is 3.78. The van der Waals surface area contributed by atoms with Crippen LogP contribution < -0.4 is 0 Å². The van der Waals surface area contributed by atoms with Crippen LogP contribution in [0.2, 0.25) is 0 Å². The number of rotatable bonds is 2. The predicted octanol–water partition coefficient (Wildman–Crippen LogP) is 2.06. The van der Waals surface area contributed by atoms with Crippen LogP contribution in [0.3, 0.4) is 0 Å². The van der Waals surface area contributed by atoms with Crippen LogP contribution >= 0.6 is 15.9 Å². The molecule has 0 unspecified atom stereocenters. The van der Waals surface area contributed by atoms with Gasteiger partial charge in [0.15, 0.2) is 16.6 Å². The second kappa shape index (κ2) is 4.45. The van der Waals surface area contributed by atoms with E-state index in [0.717, 1.165) is 38.0 Å². The van der Waals surface area contributed by atoms with Crippen molar-refractivity contribution in [2.45, 2.75) is 18.8 Å². The summed E-state index contributed by atoms with van der Waals surface area (Å²) in [6.45, 7) is 2.09. The van der Waals surface area contributed by atoms with E-state index in [2.05, 4.69) is 33.0 Å². The summed E-state index contributed by atoms with van der Waals surface area (Å²) in [7, 11) is 2.10. The molecule has 1 saturated heterocycles. The summed E-state index contributed by atoms with van der Waals surface area (Å²) < 4.78 is 5.73. The van der Waals surface area contributed by atoms with Gasteiger partial charge in [-0.25, -0.2) is 0 Å². The number of hydrogen-bond donors (Lipinski definition) is 0. The molecule has 15 heavy (non-hydrogen) atoms. The van der Waals surface area contributed by atoms with Gasteiger partial charge in [-0.3, -0.25) is 4.79 Å². The minimum atomic E-state index is 0.334. The summed E-state index contributed by atoms with van der Waals surface area (Å²) in [6, 6.07) is 0. The van der Waals surface area contributed by atoms with Crippen molar-refractivity contribution in [1.29, 1.82) is 0 Å². The maximum Gasteiger partial charge on any atom is 0.160 e. The van der Waals surface area contributed by atoms with Crippen molar-refractivity contribution in [3.05, 3.63) is 15.9 Å². The first-order valence-corrected chi connectivity index (χ1v) is 5.80. The van der Waals surface area contributed by atoms with Crippen molar-refractivity contribution in [2.24, 2.45) is 0 Å². The maximum absolute atomic E-state index is 10.9. The lowest BCUT2D eigenvalue weighted by atomic mass is 9.93. The van der Waals surface area contributed by atoms with Crippen LogP contribution in [0.1, 0.15) is 34.9 Å². The Balaban J connectivity index is 2.18. The largest absolute Gasteiger partial charge is 0.359 e. The molecule has 0 saturated carbocycles. The molecule has 2 rings (SSSR count). The fraction of sp³-hybridized carbons (Fsp3) is 0.600. The van der Waals surface area contributed by atoms with Crippen LogP contribution in [0.25, 0.3) is 0 Å². The summed E-state index contributed by atoms with van der Waals surface area (Å²) in [4.78, 5) is 13.2. The molecule has 0 N–H and O–H groups in total. The molecular weight excluding hydrogens is 260 g/mol. The highest BCUT2D eigenvalue weighted by Crippen LogP contribution is 2.32. The Labute approximate surface area is 96.7 Å². The fourth-order valence-electron chi connectivity index (χ4n) is 1.96. The van der Waals surface area contributed by atoms with Crippen molar-refractivity contribution >= 4 is 22.2 Å². The molecule has 0 atom stereocenters. The number of halogens is 1. The highest BCUT2D eigenvalue weighted by molar-refractivity contribution is 9.10. The summed E-state index contributed by atoms with van der Waals surface area (Å²) >= 11 is 3.21. The lowest BCUT2D eigenvalue weighted by Crippen LogP contribution is -2.29. The Morgan fingerprint density at radius 1 is 1.53 bits per heavy atom. The second-order valence-corrected chi connectivity index (χ2v) is 4.70. The number of carbonyl (C=O) groups excluding carboxylic acids is 1. The average molecular weight is 273 g/mol. The normalized spacial score (nSPS) is 19.3. The molecule has 0 aromatic carbocycles. The fourth-order valence-corrected chi connectivity index (χ4v) is 2.32. The van der Waals surface area contributed by atoms with E-state index in [1.54, 1.807) is 0 Å². The zero-order valence-corrected chi connectivity index (χ0v) is 10.2. The van der Waals surface area contributed by atoms with Gasteiger partial charge >= 0.3 is 0 Å². The maximum atomic E-state index is 10.9. The van der Waals surface area contributed by atoms with E-state index in [0.29, 0.717) is 16.1 Å². The van der Waals surface area contributed by atoms with Gasteiger partial charge < -0.3 is 9.42 Å². The first-order valence-electron chi connectivity index (χ1n) is 5.01. The number of piperidine rings is 1. The van der Waals surface area contributed by atoms with Gasteiger partial charge in [-0.1, -0.05) is 5.16 Å². The SMILES string of the molecule is CN1CCC(c2onc(Br)c2C=O)CC1. The number of nitrogens with zero attached hydrogens (tertiary/aromatic N) is 2. The average Bonchev–Trinajstić information content (AvgIpc) is 2.61. The monoisotopic (exact) mass is 272 g/mol. The van der Waals surface area contributed by atoms with Gasteiger partial charge in [0.1, 0.15) is 0 Å². The number of carbonyl (C=O) groups is 1. The van der Waals surface area contributed by atoms with Crippen molar-refractivity contribution in [3.63, 3.8) is 0 Å². The Kier molecular flexibility index (Phi) is 3.21. The Hall–Kier alpha value is -0.680. The second-order valence-electron chi connectivity index (χ2n) is 3.95. The van der Waals surface area contributed by atoms with E-state index < -0.39 is 0 Å². The molecule has 4 nitrogen and oxygen atoms in total. The van der Waals surface area contributed by atoms with Gasteiger partial charge in [0.05, 0.1) is 5.56 Å². The molecule has 0 amide bonds. The molecule has 1 aliphatic rings. The van der Waals surface area contributed by atoms with Crippen molar-refractivity contribution < 1.29 is 9.32 Å². The van der Waals surface area contributed by atoms with Gasteiger partial charge in [0, 0.05) is 5.92 Å². The van der Waals surface area contributed by atoms with Gasteiger partial charge in [0.2, 0.25) is 0 Å². The Morgan fingerprint density at radius 3 is 2.80 bits per heavy atom. The highest BCUT2D eigenvalue weighted by atomic mass is 79.9. The Morgan fingerprint density at radius 2 is 2.20 bits per heavy atom. The molecule has 1 aromatic heterocycles. The lowest BCUT2D eigenvalue weighted by molar-refractivity contribution is 0.111. The minimum absolute atomic E-state index is 0.334. The van der Waals surface area contributed by atoms with Crippen LogP contribution in [0, 0.1) is 0 Å². The number of aldehydes is 1. The third kappa shape index (κ3) is 2.13. The third-order valence-electron chi connectivity index (χ3n) is 2.92. The van der Waals surface area contributed by atoms with Crippen LogP contribution in [0.15, 0.2) is 9.13 Å². The topological polar surface area (TPSA) is 46.3 Å². The lowest BCUT2D eigenvalue weighted by Gasteiger charge is -2.27. The molecule has 1 fully saturated rings. The van der Waals surface area contributed by atoms with Crippen molar-refractivity contribution in [1.82, 2.24) is 10.1 Å². The van der Waals surface area contributed by atoms with Gasteiger partial charge in [-0.05, 0) is 48.9 Å². The molecule has 0 radical (unpaired) electrons. The first kappa shape index (κ1) is 10.8. The standard InChI is InChI=1S/C10H13BrN2O2/c1-13-4-2-7(3-5-13)9-8(6-14)10(11)12-15-9/h6-7H,2-5H2,1H3. The highest BCUT2D eigenvalue weighted by Gasteiger charge is 2.26. The van der Waals surface area contributed by atoms with Crippen molar-refractivity contribution in [3.8, 4) is 0 Å². The molecule has 82 valence electrons. The van der Waals surface area contributed by atoms with E-state index in [9.17, 15) is 4.79 Å². The molecule has 1 aliphatic heterocycles. The van der Waals surface area contributed by atoms with E-state index in [1.807, 2.05) is 0 Å². The smallest absolute Gasteiger partial charge is 0.160 e. The van der Waals surface area contributed by atoms with Crippen LogP contribution in [0.5, 0.6) is 0 Å². The Bertz CT molecular complexity index is 356. The van der Waals surface area contributed by atoms with Gasteiger partial charge in [-0.2, -0.15) is 0 Å². The van der Waals surface area contributed by atoms with E-state index >= 15 is 0 Å². The zero-order valence-electron chi connectivity index (χ0n) is 8.57. The minimum Gasteiger partial charge on any atom is -0.359 e. The molecule has 0 spiro atoms. The number of hydrogen-bond acceptors (Lipinski definition) is 4. The van der Waals surface area contributed by atoms with E-state index in [-0.39, 0.29) is 0 Å². The molecule has 1 aromatic rings. The van der Waals surface area contributed by atoms with Gasteiger partial charge in [0.25, 0.3) is 0 Å². The summed E-state index contributed by atoms with van der Waals surface area (Å²) in [5.41, 5.74) is 0.574. The molecule has 0 bridgehead atoms. The summed E-state index contributed by atoms with van der Waals surface area (Å²) in [5.74, 6) is 1.07. The van der Waals surface area contributed by atoms with Crippen molar-refractivity contribution in [2.75, 3.05) is 20.1 Å². The van der Waals surface area contributed by atoms with Crippen LogP contribution in [-0.2, 0) is 0 Å². The van der Waals surface area contributed by atoms with Crippen LogP contribution in [-0.4, -0.2) is 36.5 Å². The number of aromatic nitrogens is 1.